The van der Waals surface area contributed by atoms with Crippen molar-refractivity contribution < 1.29 is 19.1 Å². The van der Waals surface area contributed by atoms with Crippen molar-refractivity contribution in [2.75, 3.05) is 24.3 Å². The van der Waals surface area contributed by atoms with E-state index < -0.39 is 18.5 Å². The summed E-state index contributed by atoms with van der Waals surface area (Å²) in [6.07, 6.45) is 0. The van der Waals surface area contributed by atoms with Crippen LogP contribution in [0.25, 0.3) is 0 Å². The number of amides is 1. The van der Waals surface area contributed by atoms with Crippen LogP contribution in [0.2, 0.25) is 0 Å². The molecule has 0 atom stereocenters. The zero-order chi connectivity index (χ0) is 17.5. The number of carbonyl (C=O) groups is 2. The monoisotopic (exact) mass is 392 g/mol. The Morgan fingerprint density at radius 1 is 1.21 bits per heavy atom. The van der Waals surface area contributed by atoms with E-state index in [2.05, 4.69) is 21.2 Å². The number of ether oxygens (including phenoxy) is 2. The highest BCUT2D eigenvalue weighted by Crippen LogP contribution is 2.23. The number of carbonyl (C=O) groups excluding carboxylic acids is 2. The van der Waals surface area contributed by atoms with E-state index in [1.807, 2.05) is 6.92 Å². The lowest BCUT2D eigenvalue weighted by atomic mass is 10.2. The van der Waals surface area contributed by atoms with Crippen LogP contribution in [0.15, 0.2) is 46.9 Å². The number of anilines is 2. The summed E-state index contributed by atoms with van der Waals surface area (Å²) >= 11 is 3.26. The molecule has 2 aromatic rings. The molecular weight excluding hydrogens is 376 g/mol. The Morgan fingerprint density at radius 3 is 2.71 bits per heavy atom. The maximum Gasteiger partial charge on any atom is 0.340 e. The number of hydrogen-bond donors (Lipinski definition) is 2. The van der Waals surface area contributed by atoms with Gasteiger partial charge in [0.15, 0.2) is 6.61 Å². The number of nitrogens with two attached hydrogens (primary N) is 1. The van der Waals surface area contributed by atoms with Gasteiger partial charge in [0.25, 0.3) is 5.91 Å². The van der Waals surface area contributed by atoms with Crippen LogP contribution in [0.1, 0.15) is 17.3 Å². The van der Waals surface area contributed by atoms with E-state index in [-0.39, 0.29) is 11.3 Å². The second-order valence-corrected chi connectivity index (χ2v) is 5.70. The smallest absolute Gasteiger partial charge is 0.340 e. The molecule has 0 saturated heterocycles. The summed E-state index contributed by atoms with van der Waals surface area (Å²) < 4.78 is 11.1. The lowest BCUT2D eigenvalue weighted by Gasteiger charge is -2.11. The Kier molecular flexibility index (Phi) is 6.20. The fourth-order valence-electron chi connectivity index (χ4n) is 1.95. The maximum atomic E-state index is 12.0. The van der Waals surface area contributed by atoms with E-state index in [9.17, 15) is 9.59 Å². The van der Waals surface area contributed by atoms with Crippen molar-refractivity contribution in [2.45, 2.75) is 6.92 Å². The van der Waals surface area contributed by atoms with Crippen molar-refractivity contribution >= 4 is 39.2 Å². The molecule has 0 spiro atoms. The van der Waals surface area contributed by atoms with E-state index in [0.29, 0.717) is 22.5 Å². The molecular formula is C17H17BrN2O4. The highest BCUT2D eigenvalue weighted by atomic mass is 79.9. The van der Waals surface area contributed by atoms with Gasteiger partial charge in [-0.05, 0) is 37.3 Å². The zero-order valence-corrected chi connectivity index (χ0v) is 14.6. The molecule has 0 aliphatic rings. The Labute approximate surface area is 148 Å². The van der Waals surface area contributed by atoms with Gasteiger partial charge in [-0.2, -0.15) is 0 Å². The van der Waals surface area contributed by atoms with E-state index >= 15 is 0 Å². The van der Waals surface area contributed by atoms with Crippen LogP contribution < -0.4 is 15.8 Å². The van der Waals surface area contributed by atoms with Gasteiger partial charge in [0.1, 0.15) is 5.75 Å². The van der Waals surface area contributed by atoms with Crippen molar-refractivity contribution in [3.8, 4) is 5.75 Å². The van der Waals surface area contributed by atoms with Gasteiger partial charge in [0.05, 0.1) is 17.9 Å². The van der Waals surface area contributed by atoms with Crippen LogP contribution in [-0.2, 0) is 9.53 Å². The number of halogens is 1. The Morgan fingerprint density at radius 2 is 1.96 bits per heavy atom. The van der Waals surface area contributed by atoms with Crippen molar-refractivity contribution in [2.24, 2.45) is 0 Å². The second-order valence-electron chi connectivity index (χ2n) is 4.79. The average Bonchev–Trinajstić information content (AvgIpc) is 2.57. The largest absolute Gasteiger partial charge is 0.492 e. The van der Waals surface area contributed by atoms with Crippen molar-refractivity contribution in [3.05, 3.63) is 52.5 Å². The molecule has 0 fully saturated rings. The van der Waals surface area contributed by atoms with Gasteiger partial charge in [-0.3, -0.25) is 4.79 Å². The number of benzene rings is 2. The number of hydrogen-bond acceptors (Lipinski definition) is 5. The van der Waals surface area contributed by atoms with E-state index in [1.54, 1.807) is 42.5 Å². The number of nitrogens with one attached hydrogen (secondary N) is 1. The molecule has 24 heavy (non-hydrogen) atoms. The molecule has 0 aliphatic carbocycles. The highest BCUT2D eigenvalue weighted by Gasteiger charge is 2.14. The number of nitrogen functional groups attached to an aromatic ring is 1. The third-order valence-corrected chi connectivity index (χ3v) is 3.52. The minimum atomic E-state index is -0.665. The normalized spacial score (nSPS) is 10.1. The van der Waals surface area contributed by atoms with Gasteiger partial charge < -0.3 is 20.5 Å². The molecule has 0 aliphatic heterocycles. The molecule has 1 amide bonds. The standard InChI is InChI=1S/C17H17BrN2O4/c1-2-23-15-6-4-3-5-14(15)20-16(21)10-24-17(22)12-9-11(18)7-8-13(12)19/h3-9H,2,10,19H2,1H3,(H,20,21). The molecule has 2 rings (SSSR count). The fourth-order valence-corrected chi connectivity index (χ4v) is 2.31. The summed E-state index contributed by atoms with van der Waals surface area (Å²) in [6, 6.07) is 11.9. The summed E-state index contributed by atoms with van der Waals surface area (Å²) in [4.78, 5) is 24.0. The number of para-hydroxylation sites is 2. The summed E-state index contributed by atoms with van der Waals surface area (Å²) in [6.45, 7) is 1.90. The first-order chi connectivity index (χ1) is 11.5. The van der Waals surface area contributed by atoms with Crippen molar-refractivity contribution in [3.63, 3.8) is 0 Å². The third-order valence-electron chi connectivity index (χ3n) is 3.03. The second kappa shape index (κ2) is 8.35. The van der Waals surface area contributed by atoms with Crippen LogP contribution in [-0.4, -0.2) is 25.1 Å². The van der Waals surface area contributed by atoms with Crippen molar-refractivity contribution in [1.29, 1.82) is 0 Å². The summed E-state index contributed by atoms with van der Waals surface area (Å²) in [5, 5.41) is 2.65. The topological polar surface area (TPSA) is 90.6 Å². The SMILES string of the molecule is CCOc1ccccc1NC(=O)COC(=O)c1cc(Br)ccc1N. The third kappa shape index (κ3) is 4.73. The Balaban J connectivity index is 1.96. The van der Waals surface area contributed by atoms with Gasteiger partial charge in [0, 0.05) is 10.2 Å². The molecule has 3 N–H and O–H groups in total. The predicted octanol–water partition coefficient (Wildman–Crippen LogP) is 3.23. The van der Waals surface area contributed by atoms with Gasteiger partial charge in [-0.1, -0.05) is 28.1 Å². The average molecular weight is 393 g/mol. The molecule has 126 valence electrons. The minimum Gasteiger partial charge on any atom is -0.492 e. The molecule has 0 heterocycles. The lowest BCUT2D eigenvalue weighted by molar-refractivity contribution is -0.119. The molecule has 0 bridgehead atoms. The van der Waals surface area contributed by atoms with Crippen LogP contribution in [0, 0.1) is 0 Å². The molecule has 0 saturated carbocycles. The van der Waals surface area contributed by atoms with E-state index in [0.717, 1.165) is 0 Å². The predicted molar refractivity (Wildman–Crippen MR) is 95.1 cm³/mol. The van der Waals surface area contributed by atoms with E-state index in [4.69, 9.17) is 15.2 Å². The van der Waals surface area contributed by atoms with Crippen molar-refractivity contribution in [1.82, 2.24) is 0 Å². The molecule has 7 heteroatoms. The molecule has 6 nitrogen and oxygen atoms in total. The molecule has 0 unspecified atom stereocenters. The number of rotatable bonds is 6. The summed E-state index contributed by atoms with van der Waals surface area (Å²) in [7, 11) is 0. The quantitative estimate of drug-likeness (QED) is 0.581. The first-order valence-electron chi connectivity index (χ1n) is 7.25. The summed E-state index contributed by atoms with van der Waals surface area (Å²) in [5.41, 5.74) is 6.73. The zero-order valence-electron chi connectivity index (χ0n) is 13.0. The maximum absolute atomic E-state index is 12.0. The summed E-state index contributed by atoms with van der Waals surface area (Å²) in [5.74, 6) is -0.581. The Bertz CT molecular complexity index is 749. The first-order valence-corrected chi connectivity index (χ1v) is 8.04. The molecule has 2 aromatic carbocycles. The lowest BCUT2D eigenvalue weighted by Crippen LogP contribution is -2.21. The van der Waals surface area contributed by atoms with Gasteiger partial charge in [-0.25, -0.2) is 4.79 Å². The van der Waals surface area contributed by atoms with Gasteiger partial charge in [0.2, 0.25) is 0 Å². The number of esters is 1. The molecule has 0 aromatic heterocycles. The highest BCUT2D eigenvalue weighted by molar-refractivity contribution is 9.10. The fraction of sp³-hybridized carbons (Fsp3) is 0.176. The Hall–Kier alpha value is -2.54. The van der Waals surface area contributed by atoms with Gasteiger partial charge in [-0.15, -0.1) is 0 Å². The van der Waals surface area contributed by atoms with Crippen LogP contribution in [0.4, 0.5) is 11.4 Å². The van der Waals surface area contributed by atoms with Crippen LogP contribution >= 0.6 is 15.9 Å². The molecule has 0 radical (unpaired) electrons. The van der Waals surface area contributed by atoms with Crippen LogP contribution in [0.5, 0.6) is 5.75 Å². The first kappa shape index (κ1) is 17.8. The minimum absolute atomic E-state index is 0.201. The van der Waals surface area contributed by atoms with Crippen LogP contribution in [0.3, 0.4) is 0 Å². The van der Waals surface area contributed by atoms with E-state index in [1.165, 1.54) is 0 Å². The van der Waals surface area contributed by atoms with Gasteiger partial charge >= 0.3 is 5.97 Å².